The lowest BCUT2D eigenvalue weighted by Gasteiger charge is -2.33. The quantitative estimate of drug-likeness (QED) is 0.264. The summed E-state index contributed by atoms with van der Waals surface area (Å²) in [6.07, 6.45) is 1.46. The van der Waals surface area contributed by atoms with E-state index in [0.29, 0.717) is 32.6 Å². The first-order chi connectivity index (χ1) is 9.31. The molecule has 0 atom stereocenters. The van der Waals surface area contributed by atoms with Crippen LogP contribution in [-0.4, -0.2) is 45.3 Å². The van der Waals surface area contributed by atoms with Gasteiger partial charge in [-0.15, -0.1) is 37.9 Å². The van der Waals surface area contributed by atoms with Crippen LogP contribution in [0.5, 0.6) is 0 Å². The predicted octanol–water partition coefficient (Wildman–Crippen LogP) is 1.56. The Morgan fingerprint density at radius 3 is 1.60 bits per heavy atom. The molecule has 0 aliphatic carbocycles. The second-order valence-electron chi connectivity index (χ2n) is 4.01. The molecule has 0 aromatic heterocycles. The molecule has 0 unspecified atom stereocenters. The summed E-state index contributed by atoms with van der Waals surface area (Å²) < 4.78 is 7.03. The molecule has 0 spiro atoms. The van der Waals surface area contributed by atoms with E-state index in [1.165, 1.54) is 0 Å². The highest BCUT2D eigenvalue weighted by molar-refractivity contribution is 8.11. The van der Waals surface area contributed by atoms with E-state index in [0.717, 1.165) is 12.8 Å². The summed E-state index contributed by atoms with van der Waals surface area (Å²) in [5.41, 5.74) is -0.413. The van der Waals surface area contributed by atoms with Gasteiger partial charge in [0.25, 0.3) is 0 Å². The molecule has 0 radical (unpaired) electrons. The van der Waals surface area contributed by atoms with Crippen LogP contribution in [0.3, 0.4) is 0 Å². The first kappa shape index (κ1) is 20.7. The van der Waals surface area contributed by atoms with Crippen molar-refractivity contribution < 1.29 is 4.74 Å². The molecule has 0 aromatic rings. The molecule has 0 heterocycles. The molecule has 0 saturated heterocycles. The van der Waals surface area contributed by atoms with Crippen molar-refractivity contribution in [2.75, 3.05) is 26.7 Å². The minimum Gasteiger partial charge on any atom is -0.376 e. The molecule has 0 saturated carbocycles. The highest BCUT2D eigenvalue weighted by Gasteiger charge is 2.29. The Bertz CT molecular complexity index is 332. The van der Waals surface area contributed by atoms with E-state index in [-0.39, 0.29) is 0 Å². The summed E-state index contributed by atoms with van der Waals surface area (Å²) in [5, 5.41) is 9.02. The molecular formula is C10H19N3OS6. The molecule has 0 aliphatic heterocycles. The Balaban J connectivity index is 4.54. The Kier molecular flexibility index (Phi) is 11.7. The van der Waals surface area contributed by atoms with Gasteiger partial charge in [-0.1, -0.05) is 36.7 Å². The first-order valence-corrected chi connectivity index (χ1v) is 8.33. The minimum atomic E-state index is -0.413. The van der Waals surface area contributed by atoms with Crippen molar-refractivity contribution >= 4 is 87.5 Å². The Morgan fingerprint density at radius 2 is 1.30 bits per heavy atom. The molecule has 20 heavy (non-hydrogen) atoms. The largest absolute Gasteiger partial charge is 0.376 e. The number of methoxy groups -OCH3 is 1. The van der Waals surface area contributed by atoms with Gasteiger partial charge in [0, 0.05) is 26.7 Å². The van der Waals surface area contributed by atoms with E-state index < -0.39 is 5.60 Å². The number of nitrogens with one attached hydrogen (secondary N) is 3. The van der Waals surface area contributed by atoms with Crippen LogP contribution in [0.25, 0.3) is 0 Å². The molecule has 0 aliphatic rings. The first-order valence-electron chi connectivity index (χ1n) is 5.77. The Labute approximate surface area is 152 Å². The normalized spacial score (nSPS) is 10.8. The maximum Gasteiger partial charge on any atom is 0.130 e. The van der Waals surface area contributed by atoms with Gasteiger partial charge < -0.3 is 20.7 Å². The summed E-state index contributed by atoms with van der Waals surface area (Å²) in [4.78, 5) is 0. The highest BCUT2D eigenvalue weighted by Crippen LogP contribution is 2.19. The van der Waals surface area contributed by atoms with Crippen molar-refractivity contribution in [2.45, 2.75) is 18.4 Å². The van der Waals surface area contributed by atoms with Crippen molar-refractivity contribution in [2.24, 2.45) is 0 Å². The maximum atomic E-state index is 5.68. The number of hydrogen-bond donors (Lipinski definition) is 6. The van der Waals surface area contributed by atoms with Crippen molar-refractivity contribution in [1.82, 2.24) is 16.0 Å². The van der Waals surface area contributed by atoms with Gasteiger partial charge in [-0.2, -0.15) is 0 Å². The summed E-state index contributed by atoms with van der Waals surface area (Å²) >= 11 is 26.8. The van der Waals surface area contributed by atoms with Crippen LogP contribution in [0, 0.1) is 0 Å². The van der Waals surface area contributed by atoms with Crippen LogP contribution in [0.4, 0.5) is 0 Å². The number of ether oxygens (including phenoxy) is 1. The molecule has 0 fully saturated rings. The number of thiocarbonyl (C=S) groups is 3. The minimum absolute atomic E-state index is 0.413. The van der Waals surface area contributed by atoms with E-state index in [4.69, 9.17) is 41.4 Å². The van der Waals surface area contributed by atoms with E-state index >= 15 is 0 Å². The van der Waals surface area contributed by atoms with E-state index in [2.05, 4.69) is 53.8 Å². The second kappa shape index (κ2) is 11.3. The van der Waals surface area contributed by atoms with Crippen molar-refractivity contribution in [1.29, 1.82) is 0 Å². The third kappa shape index (κ3) is 10.4. The van der Waals surface area contributed by atoms with Crippen LogP contribution in [0.2, 0.25) is 0 Å². The van der Waals surface area contributed by atoms with Gasteiger partial charge >= 0.3 is 0 Å². The average Bonchev–Trinajstić information content (AvgIpc) is 2.34. The Hall–Kier alpha value is 0.680. The summed E-state index contributed by atoms with van der Waals surface area (Å²) in [7, 11) is 1.67. The molecule has 0 aromatic carbocycles. The van der Waals surface area contributed by atoms with Gasteiger partial charge in [0.05, 0.1) is 5.60 Å². The molecule has 0 amide bonds. The fourth-order valence-corrected chi connectivity index (χ4v) is 2.19. The fourth-order valence-electron chi connectivity index (χ4n) is 1.61. The topological polar surface area (TPSA) is 45.3 Å². The number of hydrogen-bond acceptors (Lipinski definition) is 4. The fraction of sp³-hybridized carbons (Fsp3) is 0.700. The average molecular weight is 390 g/mol. The van der Waals surface area contributed by atoms with Crippen LogP contribution in [-0.2, 0) is 4.74 Å². The molecule has 116 valence electrons. The van der Waals surface area contributed by atoms with Crippen LogP contribution in [0.15, 0.2) is 0 Å². The lowest BCUT2D eigenvalue weighted by Crippen LogP contribution is -2.47. The predicted molar refractivity (Wildman–Crippen MR) is 108 cm³/mol. The molecule has 3 N–H and O–H groups in total. The van der Waals surface area contributed by atoms with Crippen molar-refractivity contribution in [3.63, 3.8) is 0 Å². The van der Waals surface area contributed by atoms with Gasteiger partial charge in [0.1, 0.15) is 13.0 Å². The number of rotatable bonds is 9. The molecular weight excluding hydrogens is 371 g/mol. The number of thiol groups is 3. The highest BCUT2D eigenvalue weighted by atomic mass is 32.1. The van der Waals surface area contributed by atoms with Crippen LogP contribution in [0.1, 0.15) is 12.8 Å². The lowest BCUT2D eigenvalue weighted by molar-refractivity contribution is -0.0172. The van der Waals surface area contributed by atoms with Crippen molar-refractivity contribution in [3.8, 4) is 0 Å². The SMILES string of the molecule is COC(CCNC(=S)S)(CCNC(=S)S)CNC(=S)S. The van der Waals surface area contributed by atoms with E-state index in [1.807, 2.05) is 0 Å². The third-order valence-corrected chi connectivity index (χ3v) is 3.62. The van der Waals surface area contributed by atoms with Gasteiger partial charge in [0.2, 0.25) is 0 Å². The zero-order valence-corrected chi connectivity index (χ0v) is 16.1. The van der Waals surface area contributed by atoms with Crippen LogP contribution >= 0.6 is 74.5 Å². The maximum absolute atomic E-state index is 5.68. The van der Waals surface area contributed by atoms with Crippen LogP contribution < -0.4 is 16.0 Å². The standard InChI is InChI=1S/C10H19N3OS6/c1-14-10(6-13-9(19)20,2-4-11-7(15)16)3-5-12-8(17)18/h2-6H2,1H3,(H2,11,15,16)(H2,12,17,18)(H2,13,19,20). The summed E-state index contributed by atoms with van der Waals surface area (Å²) in [6, 6.07) is 0. The third-order valence-electron chi connectivity index (χ3n) is 2.71. The smallest absolute Gasteiger partial charge is 0.130 e. The van der Waals surface area contributed by atoms with Gasteiger partial charge in [-0.05, 0) is 12.8 Å². The van der Waals surface area contributed by atoms with Gasteiger partial charge in [-0.3, -0.25) is 0 Å². The summed E-state index contributed by atoms with van der Waals surface area (Å²) in [6.45, 7) is 1.86. The molecule has 10 heteroatoms. The van der Waals surface area contributed by atoms with Gasteiger partial charge in [-0.25, -0.2) is 0 Å². The zero-order chi connectivity index (χ0) is 15.6. The van der Waals surface area contributed by atoms with E-state index in [9.17, 15) is 0 Å². The Morgan fingerprint density at radius 1 is 0.900 bits per heavy atom. The molecule has 4 nitrogen and oxygen atoms in total. The second-order valence-corrected chi connectivity index (χ2v) is 7.48. The van der Waals surface area contributed by atoms with Gasteiger partial charge in [0.15, 0.2) is 0 Å². The lowest BCUT2D eigenvalue weighted by atomic mass is 9.95. The molecule has 0 rings (SSSR count). The summed E-state index contributed by atoms with van der Waals surface area (Å²) in [5.74, 6) is 0. The molecule has 0 bridgehead atoms. The van der Waals surface area contributed by atoms with E-state index in [1.54, 1.807) is 7.11 Å². The van der Waals surface area contributed by atoms with Crippen molar-refractivity contribution in [3.05, 3.63) is 0 Å². The zero-order valence-electron chi connectivity index (χ0n) is 11.0. The monoisotopic (exact) mass is 389 g/mol.